The largest absolute Gasteiger partial charge is 0.462 e. The topological polar surface area (TPSA) is 129 Å². The number of carbonyl (C=O) groups is 2. The van der Waals surface area contributed by atoms with E-state index in [-0.39, 0.29) is 84.4 Å². The van der Waals surface area contributed by atoms with Gasteiger partial charge in [0.05, 0.1) is 48.5 Å². The van der Waals surface area contributed by atoms with Gasteiger partial charge in [0.15, 0.2) is 0 Å². The third-order valence-corrected chi connectivity index (χ3v) is 11.0. The van der Waals surface area contributed by atoms with Crippen LogP contribution in [0.3, 0.4) is 0 Å². The van der Waals surface area contributed by atoms with Crippen LogP contribution in [-0.4, -0.2) is 66.8 Å². The Balaban J connectivity index is 1.54. The molecule has 250 valence electrons. The van der Waals surface area contributed by atoms with Gasteiger partial charge in [0.1, 0.15) is 12.2 Å². The Morgan fingerprint density at radius 2 is 1.39 bits per heavy atom. The first-order valence-electron chi connectivity index (χ1n) is 17.5. The van der Waals surface area contributed by atoms with Gasteiger partial charge in [0.2, 0.25) is 0 Å². The maximum Gasteiger partial charge on any atom is 0.311 e. The van der Waals surface area contributed by atoms with Crippen LogP contribution in [0, 0.1) is 29.6 Å². The Hall–Kier alpha value is -1.87. The molecule has 0 spiro atoms. The number of hydrogen-bond acceptors (Lipinski definition) is 8. The van der Waals surface area contributed by atoms with Crippen molar-refractivity contribution in [2.45, 2.75) is 174 Å². The van der Waals surface area contributed by atoms with Gasteiger partial charge in [0.25, 0.3) is 0 Å². The minimum atomic E-state index is -0.416. The molecule has 4 saturated heterocycles. The van der Waals surface area contributed by atoms with E-state index in [1.54, 1.807) is 0 Å². The van der Waals surface area contributed by atoms with E-state index < -0.39 is 12.0 Å². The summed E-state index contributed by atoms with van der Waals surface area (Å²) in [5.74, 6) is -1.36. The van der Waals surface area contributed by atoms with E-state index in [0.29, 0.717) is 6.42 Å². The van der Waals surface area contributed by atoms with Gasteiger partial charge in [-0.25, -0.2) is 0 Å². The maximum absolute atomic E-state index is 13.8. The molecule has 0 N–H and O–H groups in total. The van der Waals surface area contributed by atoms with Crippen molar-refractivity contribution in [2.75, 3.05) is 0 Å². The highest BCUT2D eigenvalue weighted by Crippen LogP contribution is 2.40. The number of esters is 2. The molecular formula is C34H57N3O7. The van der Waals surface area contributed by atoms with Crippen molar-refractivity contribution < 1.29 is 33.3 Å². The lowest BCUT2D eigenvalue weighted by Gasteiger charge is -2.37. The predicted molar refractivity (Wildman–Crippen MR) is 167 cm³/mol. The summed E-state index contributed by atoms with van der Waals surface area (Å²) >= 11 is 0. The van der Waals surface area contributed by atoms with Crippen LogP contribution < -0.4 is 0 Å². The first kappa shape index (κ1) is 35.0. The number of cyclic esters (lactones) is 2. The van der Waals surface area contributed by atoms with E-state index >= 15 is 0 Å². The van der Waals surface area contributed by atoms with Gasteiger partial charge in [-0.05, 0) is 77.2 Å². The smallest absolute Gasteiger partial charge is 0.311 e. The van der Waals surface area contributed by atoms with Crippen molar-refractivity contribution in [3.05, 3.63) is 10.4 Å². The van der Waals surface area contributed by atoms with Gasteiger partial charge in [-0.2, -0.15) is 0 Å². The Labute approximate surface area is 264 Å². The Bertz CT molecular complexity index is 1010. The molecule has 0 radical (unpaired) electrons. The highest BCUT2D eigenvalue weighted by molar-refractivity contribution is 5.73. The lowest BCUT2D eigenvalue weighted by Crippen LogP contribution is -2.44. The molecular weight excluding hydrogens is 562 g/mol. The lowest BCUT2D eigenvalue weighted by atomic mass is 9.84. The molecule has 4 aliphatic heterocycles. The average molecular weight is 620 g/mol. The molecule has 14 atom stereocenters. The summed E-state index contributed by atoms with van der Waals surface area (Å²) < 4.78 is 32.2. The number of rotatable bonds is 9. The molecule has 4 fully saturated rings. The Kier molecular flexibility index (Phi) is 12.8. The van der Waals surface area contributed by atoms with E-state index in [4.69, 9.17) is 29.2 Å². The van der Waals surface area contributed by atoms with Crippen molar-refractivity contribution in [3.63, 3.8) is 0 Å². The van der Waals surface area contributed by atoms with Crippen molar-refractivity contribution >= 4 is 11.9 Å². The second kappa shape index (κ2) is 16.1. The van der Waals surface area contributed by atoms with Gasteiger partial charge in [-0.1, -0.05) is 52.6 Å². The fourth-order valence-corrected chi connectivity index (χ4v) is 7.98. The normalized spacial score (nSPS) is 41.4. The van der Waals surface area contributed by atoms with E-state index in [1.807, 2.05) is 13.8 Å². The van der Waals surface area contributed by atoms with E-state index in [1.165, 1.54) is 0 Å². The van der Waals surface area contributed by atoms with Crippen molar-refractivity contribution in [1.29, 1.82) is 0 Å². The Morgan fingerprint density at radius 1 is 0.795 bits per heavy atom. The predicted octanol–water partition coefficient (Wildman–Crippen LogP) is 7.32. The van der Waals surface area contributed by atoms with Crippen LogP contribution in [0.15, 0.2) is 5.11 Å². The third kappa shape index (κ3) is 8.28. The second-order valence-electron chi connectivity index (χ2n) is 14.2. The molecule has 10 nitrogen and oxygen atoms in total. The SMILES string of the molecule is CCC[C@H](C[C@@H]1CC[C@H]([C@@H](C)[C@@H]2OC(=O)[C@@H](C)[C@H]3CC[C@H](O3)[C@@H](C)[C@H](CCC)OC(=O)[C@H](C)[C@H]3CC[C@H](O3)[C@H]2C)O1)N=[N+]=[N-]. The molecule has 0 saturated carbocycles. The summed E-state index contributed by atoms with van der Waals surface area (Å²) in [7, 11) is 0. The highest BCUT2D eigenvalue weighted by Gasteiger charge is 2.46. The Morgan fingerprint density at radius 3 is 1.98 bits per heavy atom. The zero-order chi connectivity index (χ0) is 32.0. The number of ether oxygens (including phenoxy) is 5. The standard InChI is InChI=1S/C34H57N3O7/c1-8-10-24(36-37-35)18-25-12-13-28(40-25)20(4)32-21(5)29-15-17-30(42-29)22(6)33(38)43-26(11-9-2)19(3)27-14-16-31(41-27)23(7)34(39)44-32/h19-32H,8-18H2,1-7H3/t19-,20+,21+,22+,23-,24+,25-,26-,27-,28+,29-,30+,31+,32-/m0/s1. The molecule has 0 unspecified atom stereocenters. The molecule has 4 bridgehead atoms. The quantitative estimate of drug-likeness (QED) is 0.114. The highest BCUT2D eigenvalue weighted by atomic mass is 16.6. The molecule has 4 aliphatic rings. The summed E-state index contributed by atoms with van der Waals surface area (Å²) in [5, 5.41) is 4.00. The fraction of sp³-hybridized carbons (Fsp3) is 0.941. The summed E-state index contributed by atoms with van der Waals surface area (Å²) in [4.78, 5) is 30.2. The maximum atomic E-state index is 13.8. The van der Waals surface area contributed by atoms with Crippen LogP contribution in [0.2, 0.25) is 0 Å². The van der Waals surface area contributed by atoms with E-state index in [2.05, 4.69) is 44.6 Å². The molecule has 4 rings (SSSR count). The van der Waals surface area contributed by atoms with Crippen LogP contribution in [0.1, 0.15) is 119 Å². The summed E-state index contributed by atoms with van der Waals surface area (Å²) in [6, 6.07) is -0.0722. The molecule has 0 aromatic rings. The average Bonchev–Trinajstić information content (AvgIpc) is 3.79. The first-order valence-corrected chi connectivity index (χ1v) is 17.5. The van der Waals surface area contributed by atoms with Gasteiger partial charge < -0.3 is 23.7 Å². The monoisotopic (exact) mass is 619 g/mol. The van der Waals surface area contributed by atoms with Gasteiger partial charge in [0, 0.05) is 28.7 Å². The summed E-state index contributed by atoms with van der Waals surface area (Å²) in [6.45, 7) is 14.3. The summed E-state index contributed by atoms with van der Waals surface area (Å²) in [5.41, 5.74) is 9.01. The minimum absolute atomic E-state index is 0.0157. The van der Waals surface area contributed by atoms with Gasteiger partial charge in [-0.3, -0.25) is 9.59 Å². The van der Waals surface area contributed by atoms with Crippen LogP contribution in [-0.2, 0) is 33.3 Å². The van der Waals surface area contributed by atoms with Crippen LogP contribution in [0.5, 0.6) is 0 Å². The number of azide groups is 1. The van der Waals surface area contributed by atoms with Crippen molar-refractivity contribution in [2.24, 2.45) is 34.7 Å². The summed E-state index contributed by atoms with van der Waals surface area (Å²) in [6.07, 6.45) is 7.69. The van der Waals surface area contributed by atoms with Crippen LogP contribution in [0.25, 0.3) is 10.4 Å². The first-order chi connectivity index (χ1) is 21.1. The van der Waals surface area contributed by atoms with Gasteiger partial charge in [-0.15, -0.1) is 0 Å². The fourth-order valence-electron chi connectivity index (χ4n) is 7.98. The van der Waals surface area contributed by atoms with E-state index in [0.717, 1.165) is 64.2 Å². The van der Waals surface area contributed by atoms with Crippen LogP contribution >= 0.6 is 0 Å². The molecule has 4 heterocycles. The molecule has 0 aromatic heterocycles. The van der Waals surface area contributed by atoms with E-state index in [9.17, 15) is 9.59 Å². The van der Waals surface area contributed by atoms with Crippen LogP contribution in [0.4, 0.5) is 0 Å². The van der Waals surface area contributed by atoms with Gasteiger partial charge >= 0.3 is 11.9 Å². The lowest BCUT2D eigenvalue weighted by molar-refractivity contribution is -0.177. The third-order valence-electron chi connectivity index (χ3n) is 11.0. The van der Waals surface area contributed by atoms with Crippen molar-refractivity contribution in [3.8, 4) is 0 Å². The second-order valence-corrected chi connectivity index (χ2v) is 14.2. The number of nitrogens with zero attached hydrogens (tertiary/aromatic N) is 3. The number of hydrogen-bond donors (Lipinski definition) is 0. The minimum Gasteiger partial charge on any atom is -0.462 e. The zero-order valence-electron chi connectivity index (χ0n) is 28.1. The zero-order valence-corrected chi connectivity index (χ0v) is 28.1. The number of fused-ring (bicyclic) bond motifs is 4. The molecule has 0 aromatic carbocycles. The van der Waals surface area contributed by atoms with Crippen molar-refractivity contribution in [1.82, 2.24) is 0 Å². The molecule has 0 aliphatic carbocycles. The molecule has 10 heteroatoms. The molecule has 0 amide bonds. The molecule has 44 heavy (non-hydrogen) atoms. The number of carbonyl (C=O) groups excluding carboxylic acids is 2.